The number of hydrogen-bond donors (Lipinski definition) is 0. The van der Waals surface area contributed by atoms with E-state index in [0.29, 0.717) is 15.8 Å². The summed E-state index contributed by atoms with van der Waals surface area (Å²) in [6.45, 7) is 2.00. The predicted octanol–water partition coefficient (Wildman–Crippen LogP) is 4.57. The summed E-state index contributed by atoms with van der Waals surface area (Å²) < 4.78 is 19.7. The number of hydrogen-bond acceptors (Lipinski definition) is 1. The van der Waals surface area contributed by atoms with Crippen LogP contribution in [0.15, 0.2) is 40.9 Å². The topological polar surface area (TPSA) is 9.23 Å². The van der Waals surface area contributed by atoms with E-state index in [1.54, 1.807) is 13.2 Å². The van der Waals surface area contributed by atoms with E-state index in [1.165, 1.54) is 6.07 Å². The van der Waals surface area contributed by atoms with E-state index in [4.69, 9.17) is 4.74 Å². The molecule has 0 spiro atoms. The molecule has 0 unspecified atom stereocenters. The van der Waals surface area contributed by atoms with Gasteiger partial charge in [-0.25, -0.2) is 4.39 Å². The standard InChI is InChI=1S/C14H12BrFO/c1-9-3-5-10(6-4-9)13-11(16)7-8-12(17-2)14(13)15/h3-8H,1-2H3. The fraction of sp³-hybridized carbons (Fsp3) is 0.143. The minimum Gasteiger partial charge on any atom is -0.496 e. The molecule has 3 heteroatoms. The Morgan fingerprint density at radius 3 is 2.29 bits per heavy atom. The highest BCUT2D eigenvalue weighted by Crippen LogP contribution is 2.37. The zero-order chi connectivity index (χ0) is 12.4. The Labute approximate surface area is 108 Å². The van der Waals surface area contributed by atoms with Crippen molar-refractivity contribution in [3.05, 3.63) is 52.3 Å². The van der Waals surface area contributed by atoms with Crippen molar-refractivity contribution < 1.29 is 9.13 Å². The molecule has 0 saturated carbocycles. The predicted molar refractivity (Wildman–Crippen MR) is 70.8 cm³/mol. The van der Waals surface area contributed by atoms with E-state index in [1.807, 2.05) is 31.2 Å². The first-order valence-corrected chi connectivity index (χ1v) is 6.02. The van der Waals surface area contributed by atoms with Gasteiger partial charge in [-0.2, -0.15) is 0 Å². The molecule has 17 heavy (non-hydrogen) atoms. The molecule has 0 atom stereocenters. The van der Waals surface area contributed by atoms with Crippen LogP contribution in [0.25, 0.3) is 11.1 Å². The lowest BCUT2D eigenvalue weighted by Crippen LogP contribution is -1.91. The third kappa shape index (κ3) is 2.34. The van der Waals surface area contributed by atoms with Gasteiger partial charge in [-0.15, -0.1) is 0 Å². The van der Waals surface area contributed by atoms with Crippen molar-refractivity contribution in [1.82, 2.24) is 0 Å². The molecule has 2 aromatic rings. The Balaban J connectivity index is 2.61. The third-order valence-electron chi connectivity index (χ3n) is 2.62. The minimum atomic E-state index is -0.262. The molecule has 0 aliphatic carbocycles. The molecule has 0 radical (unpaired) electrons. The molecule has 0 aliphatic heterocycles. The van der Waals surface area contributed by atoms with Gasteiger partial charge in [-0.3, -0.25) is 0 Å². The van der Waals surface area contributed by atoms with E-state index in [-0.39, 0.29) is 5.82 Å². The van der Waals surface area contributed by atoms with Crippen LogP contribution in [-0.2, 0) is 0 Å². The van der Waals surface area contributed by atoms with E-state index >= 15 is 0 Å². The molecule has 0 aliphatic rings. The second kappa shape index (κ2) is 4.88. The highest BCUT2D eigenvalue weighted by atomic mass is 79.9. The average Bonchev–Trinajstić information content (AvgIpc) is 2.32. The van der Waals surface area contributed by atoms with Gasteiger partial charge < -0.3 is 4.74 Å². The van der Waals surface area contributed by atoms with E-state index in [9.17, 15) is 4.39 Å². The number of methoxy groups -OCH3 is 1. The van der Waals surface area contributed by atoms with E-state index < -0.39 is 0 Å². The molecule has 0 aromatic heterocycles. The Kier molecular flexibility index (Phi) is 3.48. The van der Waals surface area contributed by atoms with Crippen molar-refractivity contribution >= 4 is 15.9 Å². The van der Waals surface area contributed by atoms with Gasteiger partial charge in [0, 0.05) is 5.56 Å². The summed E-state index contributed by atoms with van der Waals surface area (Å²) in [6.07, 6.45) is 0. The van der Waals surface area contributed by atoms with Gasteiger partial charge in [0.25, 0.3) is 0 Å². The van der Waals surface area contributed by atoms with Crippen LogP contribution in [0.5, 0.6) is 5.75 Å². The second-order valence-corrected chi connectivity index (χ2v) is 4.60. The molecule has 0 N–H and O–H groups in total. The van der Waals surface area contributed by atoms with E-state index in [0.717, 1.165) is 11.1 Å². The van der Waals surface area contributed by atoms with Crippen molar-refractivity contribution in [2.45, 2.75) is 6.92 Å². The average molecular weight is 295 g/mol. The van der Waals surface area contributed by atoms with Crippen LogP contribution in [0.2, 0.25) is 0 Å². The fourth-order valence-corrected chi connectivity index (χ4v) is 2.39. The molecule has 1 nitrogen and oxygen atoms in total. The van der Waals surface area contributed by atoms with Gasteiger partial charge in [0.15, 0.2) is 0 Å². The quantitative estimate of drug-likeness (QED) is 0.788. The molecule has 0 fully saturated rings. The maximum atomic E-state index is 13.9. The SMILES string of the molecule is COc1ccc(F)c(-c2ccc(C)cc2)c1Br. The van der Waals surface area contributed by atoms with Crippen LogP contribution in [0.4, 0.5) is 4.39 Å². The van der Waals surface area contributed by atoms with Crippen molar-refractivity contribution in [2.75, 3.05) is 7.11 Å². The highest BCUT2D eigenvalue weighted by Gasteiger charge is 2.13. The normalized spacial score (nSPS) is 10.4. The molecular formula is C14H12BrFO. The number of rotatable bonds is 2. The van der Waals surface area contributed by atoms with Crippen molar-refractivity contribution in [2.24, 2.45) is 0 Å². The van der Waals surface area contributed by atoms with Crippen LogP contribution in [-0.4, -0.2) is 7.11 Å². The summed E-state index contributed by atoms with van der Waals surface area (Å²) in [5, 5.41) is 0. The Morgan fingerprint density at radius 2 is 1.71 bits per heavy atom. The molecule has 0 saturated heterocycles. The maximum Gasteiger partial charge on any atom is 0.133 e. The van der Waals surface area contributed by atoms with Crippen LogP contribution >= 0.6 is 15.9 Å². The van der Waals surface area contributed by atoms with Gasteiger partial charge in [-0.05, 0) is 40.5 Å². The monoisotopic (exact) mass is 294 g/mol. The first-order valence-electron chi connectivity index (χ1n) is 5.22. The van der Waals surface area contributed by atoms with Crippen molar-refractivity contribution in [3.63, 3.8) is 0 Å². The number of halogens is 2. The molecule has 0 bridgehead atoms. The second-order valence-electron chi connectivity index (χ2n) is 3.80. The van der Waals surface area contributed by atoms with Gasteiger partial charge in [0.05, 0.1) is 11.6 Å². The van der Waals surface area contributed by atoms with Crippen LogP contribution in [0.3, 0.4) is 0 Å². The largest absolute Gasteiger partial charge is 0.496 e. The Morgan fingerprint density at radius 1 is 1.06 bits per heavy atom. The maximum absolute atomic E-state index is 13.9. The van der Waals surface area contributed by atoms with Gasteiger partial charge >= 0.3 is 0 Å². The fourth-order valence-electron chi connectivity index (χ4n) is 1.68. The number of ether oxygens (including phenoxy) is 1. The molecule has 0 amide bonds. The molecule has 88 valence electrons. The minimum absolute atomic E-state index is 0.262. The molecule has 2 aromatic carbocycles. The molecule has 0 heterocycles. The zero-order valence-corrected chi connectivity index (χ0v) is 11.2. The summed E-state index contributed by atoms with van der Waals surface area (Å²) >= 11 is 3.38. The Hall–Kier alpha value is -1.35. The number of aryl methyl sites for hydroxylation is 1. The van der Waals surface area contributed by atoms with Crippen molar-refractivity contribution in [3.8, 4) is 16.9 Å². The lowest BCUT2D eigenvalue weighted by molar-refractivity contribution is 0.411. The first kappa shape index (κ1) is 12.1. The smallest absolute Gasteiger partial charge is 0.133 e. The zero-order valence-electron chi connectivity index (χ0n) is 9.63. The summed E-state index contributed by atoms with van der Waals surface area (Å²) in [6, 6.07) is 10.7. The summed E-state index contributed by atoms with van der Waals surface area (Å²) in [5.41, 5.74) is 2.51. The summed E-state index contributed by atoms with van der Waals surface area (Å²) in [5.74, 6) is 0.364. The Bertz CT molecular complexity index is 535. The lowest BCUT2D eigenvalue weighted by atomic mass is 10.0. The van der Waals surface area contributed by atoms with Gasteiger partial charge in [0.1, 0.15) is 11.6 Å². The van der Waals surface area contributed by atoms with E-state index in [2.05, 4.69) is 15.9 Å². The van der Waals surface area contributed by atoms with Crippen LogP contribution < -0.4 is 4.74 Å². The highest BCUT2D eigenvalue weighted by molar-refractivity contribution is 9.10. The first-order chi connectivity index (χ1) is 8.13. The summed E-state index contributed by atoms with van der Waals surface area (Å²) in [7, 11) is 1.57. The van der Waals surface area contributed by atoms with Gasteiger partial charge in [-0.1, -0.05) is 29.8 Å². The summed E-state index contributed by atoms with van der Waals surface area (Å²) in [4.78, 5) is 0. The third-order valence-corrected chi connectivity index (χ3v) is 3.40. The molecule has 2 rings (SSSR count). The molecular weight excluding hydrogens is 283 g/mol. The van der Waals surface area contributed by atoms with Gasteiger partial charge in [0.2, 0.25) is 0 Å². The number of benzene rings is 2. The van der Waals surface area contributed by atoms with Crippen LogP contribution in [0, 0.1) is 12.7 Å². The van der Waals surface area contributed by atoms with Crippen molar-refractivity contribution in [1.29, 1.82) is 0 Å². The van der Waals surface area contributed by atoms with Crippen LogP contribution in [0.1, 0.15) is 5.56 Å². The lowest BCUT2D eigenvalue weighted by Gasteiger charge is -2.10.